The Morgan fingerprint density at radius 3 is 2.55 bits per heavy atom. The number of rotatable bonds is 5. The van der Waals surface area contributed by atoms with E-state index < -0.39 is 10.0 Å². The van der Waals surface area contributed by atoms with Crippen LogP contribution >= 0.6 is 11.3 Å². The number of piperidine rings is 1. The Hall–Kier alpha value is -0.430. The molecule has 1 aliphatic heterocycles. The summed E-state index contributed by atoms with van der Waals surface area (Å²) in [5, 5.41) is 8.91. The Morgan fingerprint density at radius 2 is 2.00 bits per heavy atom. The smallest absolute Gasteiger partial charge is 0.252 e. The topological polar surface area (TPSA) is 57.6 Å². The second-order valence-electron chi connectivity index (χ2n) is 5.76. The highest BCUT2D eigenvalue weighted by Gasteiger charge is 2.34. The van der Waals surface area contributed by atoms with Gasteiger partial charge in [-0.15, -0.1) is 11.3 Å². The quantitative estimate of drug-likeness (QED) is 0.907. The molecule has 1 N–H and O–H groups in total. The molecule has 0 bridgehead atoms. The zero-order valence-corrected chi connectivity index (χ0v) is 13.8. The zero-order valence-electron chi connectivity index (χ0n) is 12.1. The molecular formula is C14H23NO3S2. The second kappa shape index (κ2) is 6.13. The molecule has 4 nitrogen and oxygen atoms in total. The van der Waals surface area contributed by atoms with E-state index in [4.69, 9.17) is 5.11 Å². The first-order chi connectivity index (χ1) is 9.41. The lowest BCUT2D eigenvalue weighted by Gasteiger charge is -2.37. The van der Waals surface area contributed by atoms with Crippen molar-refractivity contribution in [3.8, 4) is 0 Å². The van der Waals surface area contributed by atoms with Gasteiger partial charge in [-0.3, -0.25) is 0 Å². The molecule has 1 fully saturated rings. The molecule has 0 radical (unpaired) electrons. The van der Waals surface area contributed by atoms with Gasteiger partial charge in [0, 0.05) is 31.0 Å². The van der Waals surface area contributed by atoms with Crippen LogP contribution < -0.4 is 0 Å². The van der Waals surface area contributed by atoms with Crippen molar-refractivity contribution in [1.82, 2.24) is 4.31 Å². The fraction of sp³-hybridized carbons (Fsp3) is 0.714. The molecule has 2 heterocycles. The van der Waals surface area contributed by atoms with E-state index >= 15 is 0 Å². The number of hydrogen-bond acceptors (Lipinski definition) is 4. The molecule has 0 saturated carbocycles. The van der Waals surface area contributed by atoms with Crippen molar-refractivity contribution in [3.63, 3.8) is 0 Å². The van der Waals surface area contributed by atoms with E-state index in [-0.39, 0.29) is 12.0 Å². The maximum Gasteiger partial charge on any atom is 0.252 e. The summed E-state index contributed by atoms with van der Waals surface area (Å²) in [5.41, 5.74) is 0.281. The molecule has 0 aliphatic carbocycles. The maximum absolute atomic E-state index is 12.6. The van der Waals surface area contributed by atoms with Crippen LogP contribution in [0.4, 0.5) is 0 Å². The van der Waals surface area contributed by atoms with Crippen LogP contribution in [0.5, 0.6) is 0 Å². The lowest BCUT2D eigenvalue weighted by atomic mass is 9.79. The lowest BCUT2D eigenvalue weighted by molar-refractivity contribution is 0.169. The first-order valence-electron chi connectivity index (χ1n) is 7.11. The Balaban J connectivity index is 2.11. The van der Waals surface area contributed by atoms with Gasteiger partial charge in [0.25, 0.3) is 10.0 Å². The molecule has 6 heteroatoms. The van der Waals surface area contributed by atoms with Crippen LogP contribution in [0.25, 0.3) is 0 Å². The number of aliphatic hydroxyl groups excluding tert-OH is 1. The summed E-state index contributed by atoms with van der Waals surface area (Å²) in [6.07, 6.45) is 3.48. The van der Waals surface area contributed by atoms with Gasteiger partial charge >= 0.3 is 0 Å². The molecule has 0 spiro atoms. The highest BCUT2D eigenvalue weighted by molar-refractivity contribution is 7.91. The molecule has 0 atom stereocenters. The molecule has 20 heavy (non-hydrogen) atoms. The molecule has 1 saturated heterocycles. The van der Waals surface area contributed by atoms with Crippen LogP contribution in [0.3, 0.4) is 0 Å². The van der Waals surface area contributed by atoms with E-state index in [1.807, 2.05) is 0 Å². The van der Waals surface area contributed by atoms with Crippen molar-refractivity contribution >= 4 is 21.4 Å². The van der Waals surface area contributed by atoms with Crippen molar-refractivity contribution in [2.45, 2.75) is 43.7 Å². The predicted octanol–water partition coefficient (Wildman–Crippen LogP) is 2.48. The number of nitrogens with zero attached hydrogens (tertiary/aromatic N) is 1. The SMILES string of the molecule is CCC1(C)CCN(S(=O)(=O)c2ccc(CCO)s2)CC1. The third-order valence-electron chi connectivity index (χ3n) is 4.37. The molecule has 0 amide bonds. The fourth-order valence-corrected chi connectivity index (χ4v) is 5.43. The summed E-state index contributed by atoms with van der Waals surface area (Å²) in [6.45, 7) is 5.68. The molecular weight excluding hydrogens is 294 g/mol. The van der Waals surface area contributed by atoms with Crippen LogP contribution in [0.15, 0.2) is 16.3 Å². The van der Waals surface area contributed by atoms with Gasteiger partial charge in [0.1, 0.15) is 4.21 Å². The number of hydrogen-bond donors (Lipinski definition) is 1. The first-order valence-corrected chi connectivity index (χ1v) is 9.37. The molecule has 1 aliphatic rings. The van der Waals surface area contributed by atoms with Crippen LogP contribution in [0.2, 0.25) is 0 Å². The Labute approximate surface area is 125 Å². The normalized spacial score (nSPS) is 20.1. The van der Waals surface area contributed by atoms with Gasteiger partial charge in [0.15, 0.2) is 0 Å². The zero-order chi connectivity index (χ0) is 14.8. The Bertz CT molecular complexity index is 543. The lowest BCUT2D eigenvalue weighted by Crippen LogP contribution is -2.41. The highest BCUT2D eigenvalue weighted by atomic mass is 32.2. The van der Waals surface area contributed by atoms with Crippen LogP contribution in [-0.2, 0) is 16.4 Å². The van der Waals surface area contributed by atoms with Crippen molar-refractivity contribution < 1.29 is 13.5 Å². The number of aliphatic hydroxyl groups is 1. The summed E-state index contributed by atoms with van der Waals surface area (Å²) in [4.78, 5) is 0.918. The summed E-state index contributed by atoms with van der Waals surface area (Å²) in [6, 6.07) is 3.46. The summed E-state index contributed by atoms with van der Waals surface area (Å²) < 4.78 is 27.2. The van der Waals surface area contributed by atoms with Crippen LogP contribution in [-0.4, -0.2) is 37.5 Å². The van der Waals surface area contributed by atoms with Gasteiger partial charge in [-0.05, 0) is 30.4 Å². The van der Waals surface area contributed by atoms with E-state index in [0.29, 0.717) is 23.7 Å². The van der Waals surface area contributed by atoms with Crippen molar-refractivity contribution in [2.24, 2.45) is 5.41 Å². The largest absolute Gasteiger partial charge is 0.396 e. The van der Waals surface area contributed by atoms with Crippen molar-refractivity contribution in [2.75, 3.05) is 19.7 Å². The van der Waals surface area contributed by atoms with Crippen LogP contribution in [0, 0.1) is 5.41 Å². The average Bonchev–Trinajstić information content (AvgIpc) is 2.89. The standard InChI is InChI=1S/C14H23NO3S2/c1-3-14(2)7-9-15(10-8-14)20(17,18)13-5-4-12(19-13)6-11-16/h4-5,16H,3,6-11H2,1-2H3. The monoisotopic (exact) mass is 317 g/mol. The molecule has 1 aromatic heterocycles. The van der Waals surface area contributed by atoms with Gasteiger partial charge in [0.2, 0.25) is 0 Å². The van der Waals surface area contributed by atoms with Gasteiger partial charge in [-0.2, -0.15) is 4.31 Å². The highest BCUT2D eigenvalue weighted by Crippen LogP contribution is 2.36. The van der Waals surface area contributed by atoms with Crippen molar-refractivity contribution in [3.05, 3.63) is 17.0 Å². The van der Waals surface area contributed by atoms with E-state index in [0.717, 1.165) is 24.1 Å². The third kappa shape index (κ3) is 3.24. The van der Waals surface area contributed by atoms with E-state index in [2.05, 4.69) is 13.8 Å². The molecule has 0 aromatic carbocycles. The minimum absolute atomic E-state index is 0.0541. The third-order valence-corrected chi connectivity index (χ3v) is 7.88. The van der Waals surface area contributed by atoms with Gasteiger partial charge < -0.3 is 5.11 Å². The maximum atomic E-state index is 12.6. The van der Waals surface area contributed by atoms with E-state index in [9.17, 15) is 8.42 Å². The molecule has 114 valence electrons. The molecule has 0 unspecified atom stereocenters. The van der Waals surface area contributed by atoms with Gasteiger partial charge in [-0.1, -0.05) is 20.3 Å². The van der Waals surface area contributed by atoms with Gasteiger partial charge in [-0.25, -0.2) is 8.42 Å². The summed E-state index contributed by atoms with van der Waals surface area (Å²) >= 11 is 1.27. The minimum Gasteiger partial charge on any atom is -0.396 e. The first kappa shape index (κ1) is 15.9. The van der Waals surface area contributed by atoms with E-state index in [1.165, 1.54) is 11.3 Å². The molecule has 2 rings (SSSR count). The van der Waals surface area contributed by atoms with Gasteiger partial charge in [0.05, 0.1) is 0 Å². The molecule has 1 aromatic rings. The summed E-state index contributed by atoms with van der Waals surface area (Å²) in [7, 11) is -3.35. The Kier molecular flexibility index (Phi) is 4.89. The number of thiophene rings is 1. The minimum atomic E-state index is -3.35. The van der Waals surface area contributed by atoms with Crippen LogP contribution in [0.1, 0.15) is 38.0 Å². The summed E-state index contributed by atoms with van der Waals surface area (Å²) in [5.74, 6) is 0. The second-order valence-corrected chi connectivity index (χ2v) is 9.10. The van der Waals surface area contributed by atoms with E-state index in [1.54, 1.807) is 16.4 Å². The predicted molar refractivity (Wildman–Crippen MR) is 81.5 cm³/mol. The van der Waals surface area contributed by atoms with Crippen molar-refractivity contribution in [1.29, 1.82) is 0 Å². The Morgan fingerprint density at radius 1 is 1.35 bits per heavy atom. The fourth-order valence-electron chi connectivity index (χ4n) is 2.49. The number of sulfonamides is 1. The average molecular weight is 317 g/mol.